The lowest BCUT2D eigenvalue weighted by molar-refractivity contribution is -0.0329. The minimum absolute atomic E-state index is 0.00655. The van der Waals surface area contributed by atoms with Crippen molar-refractivity contribution in [2.75, 3.05) is 18.0 Å². The van der Waals surface area contributed by atoms with E-state index in [0.717, 1.165) is 35.7 Å². The van der Waals surface area contributed by atoms with E-state index in [1.165, 1.54) is 51.4 Å². The lowest BCUT2D eigenvalue weighted by Crippen LogP contribution is -2.57. The molecule has 9 heteroatoms. The summed E-state index contributed by atoms with van der Waals surface area (Å²) < 4.78 is 13.3. The molecule has 1 saturated carbocycles. The normalized spacial score (nSPS) is 31.6. The molecule has 1 aliphatic carbocycles. The van der Waals surface area contributed by atoms with Crippen molar-refractivity contribution in [1.29, 1.82) is 0 Å². The quantitative estimate of drug-likeness (QED) is 0.444. The van der Waals surface area contributed by atoms with Crippen LogP contribution < -0.4 is 10.9 Å². The molecule has 6 atom stereocenters. The molecule has 0 amide bonds. The van der Waals surface area contributed by atoms with Crippen LogP contribution in [0.4, 0.5) is 5.82 Å². The van der Waals surface area contributed by atoms with E-state index < -0.39 is 7.60 Å². The first-order chi connectivity index (χ1) is 17.7. The van der Waals surface area contributed by atoms with E-state index in [1.807, 2.05) is 28.8 Å². The third kappa shape index (κ3) is 6.13. The summed E-state index contributed by atoms with van der Waals surface area (Å²) in [4.78, 5) is 39.7. The van der Waals surface area contributed by atoms with Crippen molar-refractivity contribution >= 4 is 24.4 Å². The minimum atomic E-state index is -4.16. The Hall–Kier alpha value is -1.73. The monoisotopic (exact) mass is 530 g/mol. The second kappa shape index (κ2) is 11.2. The number of hydrogen-bond acceptors (Lipinski definition) is 5. The van der Waals surface area contributed by atoms with Crippen LogP contribution in [0.2, 0.25) is 0 Å². The highest BCUT2D eigenvalue weighted by Crippen LogP contribution is 2.43. The van der Waals surface area contributed by atoms with Gasteiger partial charge in [0, 0.05) is 30.7 Å². The van der Waals surface area contributed by atoms with E-state index >= 15 is 0 Å². The van der Waals surface area contributed by atoms with Crippen LogP contribution in [-0.4, -0.2) is 55.1 Å². The predicted octanol–water partition coefficient (Wildman–Crippen LogP) is 5.15. The molecule has 2 bridgehead atoms. The van der Waals surface area contributed by atoms with Crippen LogP contribution in [0.25, 0.3) is 11.0 Å². The van der Waals surface area contributed by atoms with Crippen molar-refractivity contribution < 1.29 is 14.4 Å². The number of para-hydroxylation sites is 2. The summed E-state index contributed by atoms with van der Waals surface area (Å²) in [5.74, 6) is 1.72. The number of nitrogens with one attached hydrogen (secondary N) is 1. The van der Waals surface area contributed by atoms with Crippen LogP contribution >= 0.6 is 7.60 Å². The van der Waals surface area contributed by atoms with Gasteiger partial charge in [-0.25, -0.2) is 4.98 Å². The average molecular weight is 531 g/mol. The highest BCUT2D eigenvalue weighted by Gasteiger charge is 2.43. The molecular weight excluding hydrogens is 487 g/mol. The van der Waals surface area contributed by atoms with E-state index in [1.54, 1.807) is 0 Å². The number of hydrogen-bond donors (Lipinski definition) is 3. The van der Waals surface area contributed by atoms with Crippen LogP contribution in [0.15, 0.2) is 29.1 Å². The number of fused-ring (bicyclic) bond motifs is 3. The van der Waals surface area contributed by atoms with Crippen molar-refractivity contribution in [2.24, 2.45) is 11.8 Å². The summed E-state index contributed by atoms with van der Waals surface area (Å²) in [5.41, 5.74) is 1.39. The smallest absolute Gasteiger partial charge is 0.327 e. The zero-order chi connectivity index (χ0) is 26.2. The molecule has 8 nitrogen and oxygen atoms in total. The Balaban J connectivity index is 1.44. The SMILES string of the molecule is C[C@@H]1CCC[C@H](C)CC(N2[C@@H]3CCC[C@H]2CC(n2c(=O)c(NCCP(=O)(O)O)nc4ccccc42)C3)C1. The van der Waals surface area contributed by atoms with E-state index in [9.17, 15) is 19.1 Å². The second-order valence-corrected chi connectivity index (χ2v) is 13.8. The van der Waals surface area contributed by atoms with Gasteiger partial charge in [0.25, 0.3) is 5.56 Å². The second-order valence-electron chi connectivity index (χ2n) is 12.0. The summed E-state index contributed by atoms with van der Waals surface area (Å²) in [6.45, 7) is 4.86. The van der Waals surface area contributed by atoms with E-state index in [2.05, 4.69) is 29.0 Å². The summed E-state index contributed by atoms with van der Waals surface area (Å²) in [7, 11) is -4.16. The maximum Gasteiger partial charge on any atom is 0.327 e. The topological polar surface area (TPSA) is 108 Å². The third-order valence-corrected chi connectivity index (χ3v) is 9.83. The van der Waals surface area contributed by atoms with Crippen molar-refractivity contribution in [3.63, 3.8) is 0 Å². The summed E-state index contributed by atoms with van der Waals surface area (Å²) in [5, 5.41) is 2.93. The number of nitrogens with zero attached hydrogens (tertiary/aromatic N) is 3. The maximum atomic E-state index is 13.7. The summed E-state index contributed by atoms with van der Waals surface area (Å²) >= 11 is 0. The molecule has 0 radical (unpaired) electrons. The highest BCUT2D eigenvalue weighted by molar-refractivity contribution is 7.51. The molecule has 2 aromatic rings. The van der Waals surface area contributed by atoms with Crippen LogP contribution in [0.1, 0.15) is 84.1 Å². The maximum absolute atomic E-state index is 13.7. The molecule has 1 aromatic carbocycles. The highest BCUT2D eigenvalue weighted by atomic mass is 31.2. The molecule has 204 valence electrons. The van der Waals surface area contributed by atoms with Gasteiger partial charge >= 0.3 is 7.60 Å². The van der Waals surface area contributed by atoms with Crippen LogP contribution in [0, 0.1) is 11.8 Å². The van der Waals surface area contributed by atoms with Gasteiger partial charge in [0.15, 0.2) is 5.82 Å². The van der Waals surface area contributed by atoms with Crippen molar-refractivity contribution in [1.82, 2.24) is 14.5 Å². The molecular formula is C28H43N4O4P. The fourth-order valence-corrected chi connectivity index (χ4v) is 7.87. The molecule has 3 aliphatic rings. The molecule has 3 fully saturated rings. The Kier molecular flexibility index (Phi) is 8.11. The van der Waals surface area contributed by atoms with Crippen LogP contribution in [0.5, 0.6) is 0 Å². The molecule has 37 heavy (non-hydrogen) atoms. The van der Waals surface area contributed by atoms with Gasteiger partial charge in [0.1, 0.15) is 0 Å². The zero-order valence-corrected chi connectivity index (χ0v) is 23.2. The van der Waals surface area contributed by atoms with E-state index in [-0.39, 0.29) is 30.1 Å². The molecule has 2 saturated heterocycles. The fraction of sp³-hybridized carbons (Fsp3) is 0.714. The lowest BCUT2D eigenvalue weighted by atomic mass is 9.76. The standard InChI is InChI=1S/C28H43N4O4P/c1-19-7-5-8-20(2)16-23(15-19)31-21-9-6-10-22(31)18-24(17-21)32-26-12-4-3-11-25(26)30-27(28(32)33)29-13-14-37(34,35)36/h3-4,11-12,19-24H,5-10,13-18H2,1-2H3,(H,29,30)(H2,34,35,36)/t19-,20+,21-,22+,23?,24?. The third-order valence-electron chi connectivity index (χ3n) is 9.03. The first-order valence-corrected chi connectivity index (χ1v) is 16.1. The largest absolute Gasteiger partial charge is 0.365 e. The fourth-order valence-electron chi connectivity index (χ4n) is 7.47. The number of anilines is 1. The van der Waals surface area contributed by atoms with Gasteiger partial charge in [-0.15, -0.1) is 0 Å². The van der Waals surface area contributed by atoms with E-state index in [4.69, 9.17) is 0 Å². The molecule has 3 N–H and O–H groups in total. The Bertz CT molecular complexity index is 1170. The Morgan fingerprint density at radius 2 is 1.54 bits per heavy atom. The zero-order valence-electron chi connectivity index (χ0n) is 22.3. The molecule has 2 unspecified atom stereocenters. The summed E-state index contributed by atoms with van der Waals surface area (Å²) in [6, 6.07) is 9.47. The molecule has 5 rings (SSSR count). The first kappa shape index (κ1) is 26.9. The van der Waals surface area contributed by atoms with Gasteiger partial charge in [-0.05, 0) is 62.5 Å². The average Bonchev–Trinajstić information content (AvgIpc) is 2.81. The van der Waals surface area contributed by atoms with Gasteiger partial charge in [0.2, 0.25) is 0 Å². The van der Waals surface area contributed by atoms with Crippen LogP contribution in [-0.2, 0) is 4.57 Å². The molecule has 3 heterocycles. The Labute approximate surface area is 220 Å². The van der Waals surface area contributed by atoms with E-state index in [0.29, 0.717) is 18.1 Å². The summed E-state index contributed by atoms with van der Waals surface area (Å²) in [6.07, 6.45) is 11.8. The van der Waals surface area contributed by atoms with Gasteiger partial charge in [-0.2, -0.15) is 0 Å². The molecule has 0 spiro atoms. The minimum Gasteiger partial charge on any atom is -0.365 e. The Morgan fingerprint density at radius 3 is 2.19 bits per heavy atom. The number of benzene rings is 1. The number of rotatable bonds is 6. The number of aromatic nitrogens is 2. The van der Waals surface area contributed by atoms with Crippen molar-refractivity contribution in [3.05, 3.63) is 34.6 Å². The van der Waals surface area contributed by atoms with Gasteiger partial charge in [-0.3, -0.25) is 14.3 Å². The van der Waals surface area contributed by atoms with Gasteiger partial charge in [-0.1, -0.05) is 51.7 Å². The predicted molar refractivity (Wildman–Crippen MR) is 148 cm³/mol. The first-order valence-electron chi connectivity index (χ1n) is 14.3. The molecule has 1 aromatic heterocycles. The van der Waals surface area contributed by atoms with Crippen LogP contribution in [0.3, 0.4) is 0 Å². The lowest BCUT2D eigenvalue weighted by Gasteiger charge is -2.53. The van der Waals surface area contributed by atoms with Gasteiger partial charge < -0.3 is 19.7 Å². The van der Waals surface area contributed by atoms with Gasteiger partial charge in [0.05, 0.1) is 17.2 Å². The Morgan fingerprint density at radius 1 is 0.919 bits per heavy atom. The van der Waals surface area contributed by atoms with Crippen molar-refractivity contribution in [3.8, 4) is 0 Å². The molecule has 2 aliphatic heterocycles. The van der Waals surface area contributed by atoms with Crippen molar-refractivity contribution in [2.45, 2.75) is 102 Å². The number of piperidine rings is 2.